The van der Waals surface area contributed by atoms with Crippen molar-refractivity contribution in [3.05, 3.63) is 164 Å². The lowest BCUT2D eigenvalue weighted by Crippen LogP contribution is -2.03. The highest BCUT2D eigenvalue weighted by atomic mass is 15.2. The summed E-state index contributed by atoms with van der Waals surface area (Å²) in [5, 5.41) is 0. The van der Waals surface area contributed by atoms with Gasteiger partial charge in [0.15, 0.2) is 5.82 Å². The van der Waals surface area contributed by atoms with Crippen molar-refractivity contribution in [2.75, 3.05) is 0 Å². The molecule has 0 saturated heterocycles. The molecule has 6 aromatic carbocycles. The third kappa shape index (κ3) is 4.37. The predicted molar refractivity (Wildman–Crippen MR) is 187 cm³/mol. The molecular weight excluding hydrogens is 562 g/mol. The van der Waals surface area contributed by atoms with Crippen LogP contribution in [0.5, 0.6) is 0 Å². The molecule has 0 aliphatic carbocycles. The summed E-state index contributed by atoms with van der Waals surface area (Å²) >= 11 is 0. The standard InChI is InChI=1S/C41H27N5/c1-4-13-28(14-5-1)31-19-12-20-32(25-31)33-23-24-37-38(26-33)45-36-22-11-10-21-34(36)43-41(45)46(37)39-27-35(29-15-6-2-7-16-29)42-40(44-39)30-17-8-3-9-18-30/h1-27H. The van der Waals surface area contributed by atoms with Crippen molar-refractivity contribution in [2.24, 2.45) is 0 Å². The van der Waals surface area contributed by atoms with Gasteiger partial charge in [-0.2, -0.15) is 0 Å². The summed E-state index contributed by atoms with van der Waals surface area (Å²) in [4.78, 5) is 15.3. The number of fused-ring (bicyclic) bond motifs is 5. The highest BCUT2D eigenvalue weighted by Gasteiger charge is 2.20. The Morgan fingerprint density at radius 1 is 0.370 bits per heavy atom. The van der Waals surface area contributed by atoms with E-state index >= 15 is 0 Å². The van der Waals surface area contributed by atoms with Crippen LogP contribution in [-0.4, -0.2) is 23.9 Å². The molecule has 9 rings (SSSR count). The summed E-state index contributed by atoms with van der Waals surface area (Å²) < 4.78 is 4.42. The Hall–Kier alpha value is -6.33. The topological polar surface area (TPSA) is 48.0 Å². The van der Waals surface area contributed by atoms with Gasteiger partial charge in [0.1, 0.15) is 5.82 Å². The molecule has 0 saturated carbocycles. The van der Waals surface area contributed by atoms with Crippen LogP contribution in [0.3, 0.4) is 0 Å². The zero-order chi connectivity index (χ0) is 30.5. The van der Waals surface area contributed by atoms with Gasteiger partial charge in [0.2, 0.25) is 5.78 Å². The summed E-state index contributed by atoms with van der Waals surface area (Å²) in [6.07, 6.45) is 0. The second kappa shape index (κ2) is 10.7. The third-order valence-corrected chi connectivity index (χ3v) is 8.55. The van der Waals surface area contributed by atoms with Crippen molar-refractivity contribution in [1.82, 2.24) is 23.9 Å². The van der Waals surface area contributed by atoms with Crippen LogP contribution in [0, 0.1) is 0 Å². The Morgan fingerprint density at radius 3 is 1.74 bits per heavy atom. The number of rotatable bonds is 5. The van der Waals surface area contributed by atoms with Crippen molar-refractivity contribution in [3.8, 4) is 50.7 Å². The van der Waals surface area contributed by atoms with Gasteiger partial charge in [-0.15, -0.1) is 0 Å². The highest BCUT2D eigenvalue weighted by molar-refractivity contribution is 5.94. The number of aromatic nitrogens is 5. The number of nitrogens with zero attached hydrogens (tertiary/aromatic N) is 5. The number of benzene rings is 6. The van der Waals surface area contributed by atoms with Gasteiger partial charge < -0.3 is 0 Å². The Labute approximate surface area is 265 Å². The largest absolute Gasteiger partial charge is 0.276 e. The molecule has 0 spiro atoms. The van der Waals surface area contributed by atoms with E-state index in [1.807, 2.05) is 42.5 Å². The quantitative estimate of drug-likeness (QED) is 0.201. The minimum atomic E-state index is 0.669. The van der Waals surface area contributed by atoms with Gasteiger partial charge in [-0.3, -0.25) is 8.97 Å². The lowest BCUT2D eigenvalue weighted by Gasteiger charge is -2.11. The number of hydrogen-bond donors (Lipinski definition) is 0. The smallest absolute Gasteiger partial charge is 0.221 e. The van der Waals surface area contributed by atoms with Gasteiger partial charge in [0.25, 0.3) is 0 Å². The molecule has 5 heteroatoms. The first kappa shape index (κ1) is 26.1. The number of para-hydroxylation sites is 2. The highest BCUT2D eigenvalue weighted by Crippen LogP contribution is 2.34. The number of imidazole rings is 2. The summed E-state index contributed by atoms with van der Waals surface area (Å²) in [5.74, 6) is 2.24. The molecule has 0 radical (unpaired) electrons. The Balaban J connectivity index is 1.30. The van der Waals surface area contributed by atoms with E-state index in [0.717, 1.165) is 61.6 Å². The van der Waals surface area contributed by atoms with E-state index in [-0.39, 0.29) is 0 Å². The van der Waals surface area contributed by atoms with Gasteiger partial charge in [0.05, 0.1) is 27.8 Å². The van der Waals surface area contributed by atoms with E-state index in [1.54, 1.807) is 0 Å². The van der Waals surface area contributed by atoms with Crippen LogP contribution in [0.25, 0.3) is 78.6 Å². The first-order valence-electron chi connectivity index (χ1n) is 15.4. The van der Waals surface area contributed by atoms with E-state index in [2.05, 4.69) is 130 Å². The van der Waals surface area contributed by atoms with Crippen LogP contribution in [0.4, 0.5) is 0 Å². The first-order valence-corrected chi connectivity index (χ1v) is 15.4. The summed E-state index contributed by atoms with van der Waals surface area (Å²) in [6.45, 7) is 0. The van der Waals surface area contributed by atoms with Crippen molar-refractivity contribution in [2.45, 2.75) is 0 Å². The van der Waals surface area contributed by atoms with E-state index in [4.69, 9.17) is 15.0 Å². The van der Waals surface area contributed by atoms with Crippen LogP contribution in [-0.2, 0) is 0 Å². The molecule has 0 amide bonds. The molecule has 5 nitrogen and oxygen atoms in total. The third-order valence-electron chi connectivity index (χ3n) is 8.55. The zero-order valence-electron chi connectivity index (χ0n) is 24.8. The molecule has 0 aliphatic heterocycles. The van der Waals surface area contributed by atoms with Crippen LogP contribution in [0.1, 0.15) is 0 Å². The van der Waals surface area contributed by atoms with E-state index in [1.165, 1.54) is 11.1 Å². The average Bonchev–Trinajstić information content (AvgIpc) is 3.67. The fourth-order valence-electron chi connectivity index (χ4n) is 6.34. The van der Waals surface area contributed by atoms with Gasteiger partial charge in [-0.05, 0) is 52.6 Å². The lowest BCUT2D eigenvalue weighted by molar-refractivity contribution is 1.02. The Bertz CT molecular complexity index is 2460. The Kier molecular flexibility index (Phi) is 6.06. The molecule has 0 N–H and O–H groups in total. The maximum Gasteiger partial charge on any atom is 0.221 e. The number of hydrogen-bond acceptors (Lipinski definition) is 3. The van der Waals surface area contributed by atoms with Crippen LogP contribution in [0.2, 0.25) is 0 Å². The molecule has 46 heavy (non-hydrogen) atoms. The SMILES string of the molecule is c1ccc(-c2cccc(-c3ccc4c(c3)n3c5ccccc5nc3n4-c3cc(-c4ccccc4)nc(-c4ccccc4)n3)c2)cc1. The molecule has 0 bridgehead atoms. The van der Waals surface area contributed by atoms with Crippen molar-refractivity contribution >= 4 is 27.8 Å². The average molecular weight is 590 g/mol. The predicted octanol–water partition coefficient (Wildman–Crippen LogP) is 9.89. The lowest BCUT2D eigenvalue weighted by atomic mass is 9.99. The monoisotopic (exact) mass is 589 g/mol. The van der Waals surface area contributed by atoms with Crippen LogP contribution >= 0.6 is 0 Å². The fourth-order valence-corrected chi connectivity index (χ4v) is 6.34. The van der Waals surface area contributed by atoms with Gasteiger partial charge in [-0.25, -0.2) is 15.0 Å². The van der Waals surface area contributed by atoms with E-state index in [0.29, 0.717) is 5.82 Å². The minimum absolute atomic E-state index is 0.669. The van der Waals surface area contributed by atoms with Gasteiger partial charge in [0, 0.05) is 17.2 Å². The summed E-state index contributed by atoms with van der Waals surface area (Å²) in [6, 6.07) is 56.7. The second-order valence-electron chi connectivity index (χ2n) is 11.4. The molecular formula is C41H27N5. The van der Waals surface area contributed by atoms with Crippen LogP contribution < -0.4 is 0 Å². The summed E-state index contributed by atoms with van der Waals surface area (Å²) in [7, 11) is 0. The van der Waals surface area contributed by atoms with E-state index < -0.39 is 0 Å². The van der Waals surface area contributed by atoms with Crippen LogP contribution in [0.15, 0.2) is 164 Å². The molecule has 3 aromatic heterocycles. The van der Waals surface area contributed by atoms with Crippen molar-refractivity contribution in [1.29, 1.82) is 0 Å². The van der Waals surface area contributed by atoms with Crippen molar-refractivity contribution < 1.29 is 0 Å². The molecule has 0 fully saturated rings. The zero-order valence-corrected chi connectivity index (χ0v) is 24.8. The minimum Gasteiger partial charge on any atom is -0.276 e. The maximum absolute atomic E-state index is 5.17. The Morgan fingerprint density at radius 2 is 0.978 bits per heavy atom. The summed E-state index contributed by atoms with van der Waals surface area (Å²) in [5.41, 5.74) is 11.6. The molecule has 0 unspecified atom stereocenters. The molecule has 0 aliphatic rings. The molecule has 0 atom stereocenters. The molecule has 3 heterocycles. The first-order chi connectivity index (χ1) is 22.8. The molecule has 216 valence electrons. The maximum atomic E-state index is 5.17. The second-order valence-corrected chi connectivity index (χ2v) is 11.4. The van der Waals surface area contributed by atoms with Gasteiger partial charge >= 0.3 is 0 Å². The van der Waals surface area contributed by atoms with E-state index in [9.17, 15) is 0 Å². The fraction of sp³-hybridized carbons (Fsp3) is 0. The van der Waals surface area contributed by atoms with Gasteiger partial charge in [-0.1, -0.05) is 127 Å². The van der Waals surface area contributed by atoms with Crippen molar-refractivity contribution in [3.63, 3.8) is 0 Å². The normalized spacial score (nSPS) is 11.5. The molecule has 9 aromatic rings.